The molecule has 0 N–H and O–H groups in total. The highest BCUT2D eigenvalue weighted by atomic mass is 32.2. The zero-order valence-corrected chi connectivity index (χ0v) is 11.1. The Bertz CT molecular complexity index is 708. The molecule has 96 valence electrons. The number of aromatic nitrogens is 4. The van der Waals surface area contributed by atoms with E-state index in [1.54, 1.807) is 30.2 Å². The second kappa shape index (κ2) is 4.97. The van der Waals surface area contributed by atoms with Crippen LogP contribution in [0.3, 0.4) is 0 Å². The molecule has 0 spiro atoms. The maximum atomic E-state index is 12.8. The molecule has 4 nitrogen and oxygen atoms in total. The second-order valence-electron chi connectivity index (χ2n) is 4.12. The number of hydrogen-bond acceptors (Lipinski definition) is 4. The molecule has 0 radical (unpaired) electrons. The van der Waals surface area contributed by atoms with Gasteiger partial charge in [-0.05, 0) is 17.7 Å². The fraction of sp³-hybridized carbons (Fsp3) is 0.154. The second-order valence-corrected chi connectivity index (χ2v) is 5.09. The molecule has 0 saturated heterocycles. The highest BCUT2D eigenvalue weighted by Crippen LogP contribution is 2.26. The summed E-state index contributed by atoms with van der Waals surface area (Å²) >= 11 is 1.57. The van der Waals surface area contributed by atoms with E-state index in [0.717, 1.165) is 27.5 Å². The number of aryl methyl sites for hydroxylation is 1. The van der Waals surface area contributed by atoms with Gasteiger partial charge in [0, 0.05) is 12.8 Å². The Balaban J connectivity index is 1.83. The average Bonchev–Trinajstić information content (AvgIpc) is 2.81. The molecule has 0 amide bonds. The van der Waals surface area contributed by atoms with Gasteiger partial charge in [0.2, 0.25) is 0 Å². The SMILES string of the molecule is Cn1cnc2c(SCc3ccc(F)cc3)ncnc21. The topological polar surface area (TPSA) is 43.6 Å². The van der Waals surface area contributed by atoms with Gasteiger partial charge in [0.05, 0.1) is 6.33 Å². The molecule has 0 aliphatic carbocycles. The van der Waals surface area contributed by atoms with Crippen molar-refractivity contribution in [2.24, 2.45) is 7.05 Å². The van der Waals surface area contributed by atoms with Crippen LogP contribution in [0.25, 0.3) is 11.2 Å². The van der Waals surface area contributed by atoms with Crippen molar-refractivity contribution >= 4 is 22.9 Å². The number of hydrogen-bond donors (Lipinski definition) is 0. The van der Waals surface area contributed by atoms with Crippen LogP contribution in [0.5, 0.6) is 0 Å². The number of benzene rings is 1. The van der Waals surface area contributed by atoms with Crippen molar-refractivity contribution in [1.29, 1.82) is 0 Å². The van der Waals surface area contributed by atoms with Gasteiger partial charge < -0.3 is 4.57 Å². The summed E-state index contributed by atoms with van der Waals surface area (Å²) in [7, 11) is 1.90. The smallest absolute Gasteiger partial charge is 0.164 e. The fourth-order valence-electron chi connectivity index (χ4n) is 1.76. The van der Waals surface area contributed by atoms with Crippen LogP contribution in [-0.4, -0.2) is 19.5 Å². The Hall–Kier alpha value is -1.95. The van der Waals surface area contributed by atoms with E-state index in [9.17, 15) is 4.39 Å². The van der Waals surface area contributed by atoms with Crippen LogP contribution in [0, 0.1) is 5.82 Å². The fourth-order valence-corrected chi connectivity index (χ4v) is 2.66. The highest BCUT2D eigenvalue weighted by Gasteiger charge is 2.08. The van der Waals surface area contributed by atoms with Gasteiger partial charge in [-0.1, -0.05) is 23.9 Å². The minimum Gasteiger partial charge on any atom is -0.318 e. The quantitative estimate of drug-likeness (QED) is 0.544. The van der Waals surface area contributed by atoms with Crippen molar-refractivity contribution in [3.8, 4) is 0 Å². The summed E-state index contributed by atoms with van der Waals surface area (Å²) < 4.78 is 14.7. The van der Waals surface area contributed by atoms with Crippen molar-refractivity contribution in [3.05, 3.63) is 48.3 Å². The molecule has 6 heteroatoms. The Morgan fingerprint density at radius 2 is 1.95 bits per heavy atom. The molecular weight excluding hydrogens is 263 g/mol. The lowest BCUT2D eigenvalue weighted by Gasteiger charge is -2.02. The van der Waals surface area contributed by atoms with Crippen LogP contribution in [0.1, 0.15) is 5.56 Å². The predicted octanol–water partition coefficient (Wildman–Crippen LogP) is 2.79. The first kappa shape index (κ1) is 12.1. The molecule has 0 saturated carbocycles. The van der Waals surface area contributed by atoms with Gasteiger partial charge in [0.25, 0.3) is 0 Å². The van der Waals surface area contributed by atoms with E-state index in [1.165, 1.54) is 18.5 Å². The van der Waals surface area contributed by atoms with E-state index < -0.39 is 0 Å². The molecule has 0 aliphatic rings. The van der Waals surface area contributed by atoms with E-state index in [1.807, 2.05) is 11.6 Å². The van der Waals surface area contributed by atoms with Crippen LogP contribution in [0.15, 0.2) is 41.9 Å². The molecular formula is C13H11FN4S. The molecule has 0 aliphatic heterocycles. The van der Waals surface area contributed by atoms with E-state index in [0.29, 0.717) is 0 Å². The first-order chi connectivity index (χ1) is 9.24. The summed E-state index contributed by atoms with van der Waals surface area (Å²) in [5.41, 5.74) is 2.67. The Labute approximate surface area is 113 Å². The number of halogens is 1. The largest absolute Gasteiger partial charge is 0.318 e. The molecule has 2 aromatic heterocycles. The van der Waals surface area contributed by atoms with Gasteiger partial charge in [-0.15, -0.1) is 0 Å². The van der Waals surface area contributed by atoms with Crippen LogP contribution >= 0.6 is 11.8 Å². The van der Waals surface area contributed by atoms with Crippen molar-refractivity contribution in [2.45, 2.75) is 10.8 Å². The van der Waals surface area contributed by atoms with Gasteiger partial charge in [-0.2, -0.15) is 0 Å². The summed E-state index contributed by atoms with van der Waals surface area (Å²) in [6.07, 6.45) is 3.26. The summed E-state index contributed by atoms with van der Waals surface area (Å²) in [4.78, 5) is 12.8. The monoisotopic (exact) mass is 274 g/mol. The van der Waals surface area contributed by atoms with Crippen molar-refractivity contribution in [2.75, 3.05) is 0 Å². The molecule has 0 atom stereocenters. The lowest BCUT2D eigenvalue weighted by Crippen LogP contribution is -1.91. The maximum Gasteiger partial charge on any atom is 0.164 e. The van der Waals surface area contributed by atoms with E-state index >= 15 is 0 Å². The number of imidazole rings is 1. The van der Waals surface area contributed by atoms with Crippen LogP contribution in [0.4, 0.5) is 4.39 Å². The molecule has 1 aromatic carbocycles. The summed E-state index contributed by atoms with van der Waals surface area (Å²) in [5.74, 6) is 0.506. The van der Waals surface area contributed by atoms with Crippen molar-refractivity contribution in [1.82, 2.24) is 19.5 Å². The van der Waals surface area contributed by atoms with Crippen LogP contribution in [0.2, 0.25) is 0 Å². The zero-order chi connectivity index (χ0) is 13.2. The Morgan fingerprint density at radius 1 is 1.16 bits per heavy atom. The third-order valence-corrected chi connectivity index (χ3v) is 3.80. The molecule has 0 bridgehead atoms. The predicted molar refractivity (Wildman–Crippen MR) is 72.3 cm³/mol. The third kappa shape index (κ3) is 2.44. The summed E-state index contributed by atoms with van der Waals surface area (Å²) in [5, 5.41) is 0.843. The van der Waals surface area contributed by atoms with Crippen LogP contribution in [-0.2, 0) is 12.8 Å². The first-order valence-corrected chi connectivity index (χ1v) is 6.72. The average molecular weight is 274 g/mol. The number of thioether (sulfide) groups is 1. The van der Waals surface area contributed by atoms with Crippen molar-refractivity contribution < 1.29 is 4.39 Å². The standard InChI is InChI=1S/C13H11FN4S/c1-18-8-17-11-12(18)15-7-16-13(11)19-6-9-2-4-10(14)5-3-9/h2-5,7-8H,6H2,1H3. The van der Waals surface area contributed by atoms with Gasteiger partial charge in [-0.3, -0.25) is 0 Å². The van der Waals surface area contributed by atoms with E-state index in [2.05, 4.69) is 15.0 Å². The minimum absolute atomic E-state index is 0.220. The lowest BCUT2D eigenvalue weighted by atomic mass is 10.2. The third-order valence-electron chi connectivity index (χ3n) is 2.75. The zero-order valence-electron chi connectivity index (χ0n) is 10.2. The highest BCUT2D eigenvalue weighted by molar-refractivity contribution is 7.98. The van der Waals surface area contributed by atoms with Gasteiger partial charge in [0.15, 0.2) is 5.65 Å². The summed E-state index contributed by atoms with van der Waals surface area (Å²) in [6, 6.07) is 6.48. The molecule has 0 unspecified atom stereocenters. The molecule has 3 aromatic rings. The van der Waals surface area contributed by atoms with Crippen molar-refractivity contribution in [3.63, 3.8) is 0 Å². The molecule has 19 heavy (non-hydrogen) atoms. The van der Waals surface area contributed by atoms with Gasteiger partial charge in [-0.25, -0.2) is 19.3 Å². The van der Waals surface area contributed by atoms with Gasteiger partial charge in [0.1, 0.15) is 22.7 Å². The molecule has 2 heterocycles. The first-order valence-electron chi connectivity index (χ1n) is 5.73. The van der Waals surface area contributed by atoms with E-state index in [-0.39, 0.29) is 5.82 Å². The number of nitrogens with zero attached hydrogens (tertiary/aromatic N) is 4. The molecule has 3 rings (SSSR count). The molecule has 0 fully saturated rings. The van der Waals surface area contributed by atoms with E-state index in [4.69, 9.17) is 0 Å². The minimum atomic E-state index is -0.220. The number of rotatable bonds is 3. The Kier molecular flexibility index (Phi) is 3.16. The lowest BCUT2D eigenvalue weighted by molar-refractivity contribution is 0.627. The normalized spacial score (nSPS) is 11.1. The Morgan fingerprint density at radius 3 is 2.74 bits per heavy atom. The number of fused-ring (bicyclic) bond motifs is 1. The van der Waals surface area contributed by atoms with Crippen LogP contribution < -0.4 is 0 Å². The van der Waals surface area contributed by atoms with Gasteiger partial charge >= 0.3 is 0 Å². The maximum absolute atomic E-state index is 12.8. The summed E-state index contributed by atoms with van der Waals surface area (Å²) in [6.45, 7) is 0.